The van der Waals surface area contributed by atoms with Crippen LogP contribution in [0.15, 0.2) is 0 Å². The van der Waals surface area contributed by atoms with Crippen LogP contribution in [0, 0.1) is 23.7 Å². The molecule has 0 nitrogen and oxygen atoms in total. The van der Waals surface area contributed by atoms with E-state index < -0.39 is 0 Å². The Hall–Kier alpha value is -0.440. The molecule has 0 unspecified atom stereocenters. The lowest BCUT2D eigenvalue weighted by atomic mass is 9.72. The van der Waals surface area contributed by atoms with E-state index in [0.717, 1.165) is 5.41 Å². The normalized spacial score (nSPS) is 31.4. The Morgan fingerprint density at radius 1 is 1.38 bits per heavy atom. The molecule has 0 saturated heterocycles. The van der Waals surface area contributed by atoms with Gasteiger partial charge >= 0.3 is 0 Å². The quantitative estimate of drug-likeness (QED) is 0.413. The van der Waals surface area contributed by atoms with Crippen LogP contribution in [0.3, 0.4) is 0 Å². The molecular formula is C8H10. The lowest BCUT2D eigenvalue weighted by Crippen LogP contribution is -2.23. The van der Waals surface area contributed by atoms with Gasteiger partial charge in [-0.05, 0) is 31.1 Å². The predicted octanol–water partition coefficient (Wildman–Crippen LogP) is 1.81. The molecule has 0 aromatic rings. The van der Waals surface area contributed by atoms with E-state index in [4.69, 9.17) is 6.42 Å². The minimum atomic E-state index is 0.650. The molecule has 2 aliphatic rings. The molecule has 0 heterocycles. The molecule has 0 atom stereocenters. The van der Waals surface area contributed by atoms with Crippen molar-refractivity contribution in [2.24, 2.45) is 11.3 Å². The first-order chi connectivity index (χ1) is 3.85. The van der Waals surface area contributed by atoms with Gasteiger partial charge < -0.3 is 0 Å². The number of rotatable bonds is 0. The summed E-state index contributed by atoms with van der Waals surface area (Å²) in [6, 6.07) is 0. The highest BCUT2D eigenvalue weighted by Crippen LogP contribution is 2.62. The van der Waals surface area contributed by atoms with E-state index in [0.29, 0.717) is 5.92 Å². The Morgan fingerprint density at radius 3 is 2.38 bits per heavy atom. The summed E-state index contributed by atoms with van der Waals surface area (Å²) in [5.41, 5.74) is 0.803. The van der Waals surface area contributed by atoms with E-state index in [-0.39, 0.29) is 0 Å². The van der Waals surface area contributed by atoms with E-state index in [1.165, 1.54) is 25.7 Å². The number of hydrogen-bond acceptors (Lipinski definition) is 0. The minimum Gasteiger partial charge on any atom is -0.120 e. The van der Waals surface area contributed by atoms with Gasteiger partial charge in [0.15, 0.2) is 0 Å². The first-order valence-corrected chi connectivity index (χ1v) is 3.31. The van der Waals surface area contributed by atoms with E-state index >= 15 is 0 Å². The zero-order valence-corrected chi connectivity index (χ0v) is 4.98. The van der Waals surface area contributed by atoms with Crippen molar-refractivity contribution in [2.45, 2.75) is 25.7 Å². The first kappa shape index (κ1) is 4.44. The van der Waals surface area contributed by atoms with Crippen molar-refractivity contribution in [3.63, 3.8) is 0 Å². The average molecular weight is 106 g/mol. The summed E-state index contributed by atoms with van der Waals surface area (Å²) in [5, 5.41) is 0. The molecule has 0 aromatic carbocycles. The summed E-state index contributed by atoms with van der Waals surface area (Å²) in [5.74, 6) is 3.45. The predicted molar refractivity (Wildman–Crippen MR) is 33.2 cm³/mol. The molecule has 0 N–H and O–H groups in total. The lowest BCUT2D eigenvalue weighted by molar-refractivity contribution is 0.222. The molecule has 0 heteroatoms. The van der Waals surface area contributed by atoms with E-state index in [1.807, 2.05) is 0 Å². The van der Waals surface area contributed by atoms with Gasteiger partial charge in [-0.3, -0.25) is 0 Å². The van der Waals surface area contributed by atoms with Crippen LogP contribution in [0.4, 0.5) is 0 Å². The highest BCUT2D eigenvalue weighted by atomic mass is 14.6. The molecule has 0 amide bonds. The van der Waals surface area contributed by atoms with Gasteiger partial charge in [0.25, 0.3) is 0 Å². The third-order valence-corrected chi connectivity index (χ3v) is 2.55. The number of terminal acetylenes is 1. The first-order valence-electron chi connectivity index (χ1n) is 3.31. The Balaban J connectivity index is 1.94. The van der Waals surface area contributed by atoms with Gasteiger partial charge in [-0.2, -0.15) is 0 Å². The van der Waals surface area contributed by atoms with Crippen molar-refractivity contribution in [1.82, 2.24) is 0 Å². The second-order valence-corrected chi connectivity index (χ2v) is 3.27. The van der Waals surface area contributed by atoms with E-state index in [2.05, 4.69) is 5.92 Å². The van der Waals surface area contributed by atoms with Crippen LogP contribution in [0.5, 0.6) is 0 Å². The Morgan fingerprint density at radius 2 is 2.00 bits per heavy atom. The largest absolute Gasteiger partial charge is 0.120 e. The molecule has 2 saturated carbocycles. The lowest BCUT2D eigenvalue weighted by Gasteiger charge is -2.31. The van der Waals surface area contributed by atoms with Crippen LogP contribution in [0.1, 0.15) is 25.7 Å². The summed E-state index contributed by atoms with van der Waals surface area (Å²) >= 11 is 0. The zero-order valence-electron chi connectivity index (χ0n) is 4.98. The average Bonchev–Trinajstić information content (AvgIpc) is 2.38. The third-order valence-electron chi connectivity index (χ3n) is 2.55. The summed E-state index contributed by atoms with van der Waals surface area (Å²) in [6.07, 6.45) is 10.8. The highest BCUT2D eigenvalue weighted by Gasteiger charge is 2.52. The van der Waals surface area contributed by atoms with Crippen molar-refractivity contribution < 1.29 is 0 Å². The molecule has 2 aliphatic carbocycles. The molecule has 0 bridgehead atoms. The molecule has 2 rings (SSSR count). The maximum absolute atomic E-state index is 5.23. The molecule has 42 valence electrons. The molecule has 0 radical (unpaired) electrons. The SMILES string of the molecule is C#CC1CC2(CC2)C1. The van der Waals surface area contributed by atoms with Crippen LogP contribution in [-0.2, 0) is 0 Å². The van der Waals surface area contributed by atoms with E-state index in [1.54, 1.807) is 0 Å². The topological polar surface area (TPSA) is 0 Å². The third kappa shape index (κ3) is 0.422. The van der Waals surface area contributed by atoms with Gasteiger partial charge in [0.1, 0.15) is 0 Å². The van der Waals surface area contributed by atoms with Crippen LogP contribution in [0.2, 0.25) is 0 Å². The fourth-order valence-corrected chi connectivity index (χ4v) is 1.69. The molecule has 0 aromatic heterocycles. The summed E-state index contributed by atoms with van der Waals surface area (Å²) in [4.78, 5) is 0. The highest BCUT2D eigenvalue weighted by molar-refractivity contribution is 5.12. The Kier molecular flexibility index (Phi) is 0.612. The molecule has 2 fully saturated rings. The fraction of sp³-hybridized carbons (Fsp3) is 0.750. The second-order valence-electron chi connectivity index (χ2n) is 3.27. The Bertz CT molecular complexity index is 138. The van der Waals surface area contributed by atoms with Gasteiger partial charge in [-0.15, -0.1) is 12.3 Å². The smallest absolute Gasteiger partial charge is 0.0210 e. The maximum atomic E-state index is 5.23. The molecule has 1 spiro atoms. The zero-order chi connectivity index (χ0) is 5.61. The van der Waals surface area contributed by atoms with Gasteiger partial charge in [-0.25, -0.2) is 0 Å². The van der Waals surface area contributed by atoms with Gasteiger partial charge in [0.2, 0.25) is 0 Å². The standard InChI is InChI=1S/C8H10/c1-2-7-5-8(6-7)3-4-8/h1,7H,3-6H2. The molecule has 8 heavy (non-hydrogen) atoms. The monoisotopic (exact) mass is 106 g/mol. The van der Waals surface area contributed by atoms with Crippen LogP contribution in [-0.4, -0.2) is 0 Å². The maximum Gasteiger partial charge on any atom is 0.0210 e. The van der Waals surface area contributed by atoms with Crippen molar-refractivity contribution in [3.8, 4) is 12.3 Å². The second kappa shape index (κ2) is 1.10. The van der Waals surface area contributed by atoms with Crippen molar-refractivity contribution >= 4 is 0 Å². The van der Waals surface area contributed by atoms with Gasteiger partial charge in [-0.1, -0.05) is 0 Å². The minimum absolute atomic E-state index is 0.650. The van der Waals surface area contributed by atoms with E-state index in [9.17, 15) is 0 Å². The molecular weight excluding hydrogens is 96.1 g/mol. The number of hydrogen-bond donors (Lipinski definition) is 0. The van der Waals surface area contributed by atoms with Gasteiger partial charge in [0, 0.05) is 5.92 Å². The van der Waals surface area contributed by atoms with Crippen molar-refractivity contribution in [2.75, 3.05) is 0 Å². The summed E-state index contributed by atoms with van der Waals surface area (Å²) in [6.45, 7) is 0. The van der Waals surface area contributed by atoms with Crippen LogP contribution in [0.25, 0.3) is 0 Å². The van der Waals surface area contributed by atoms with Crippen molar-refractivity contribution in [3.05, 3.63) is 0 Å². The molecule has 0 aliphatic heterocycles. The summed E-state index contributed by atoms with van der Waals surface area (Å²) in [7, 11) is 0. The fourth-order valence-electron chi connectivity index (χ4n) is 1.69. The van der Waals surface area contributed by atoms with Gasteiger partial charge in [0.05, 0.1) is 0 Å². The Labute approximate surface area is 50.3 Å². The van der Waals surface area contributed by atoms with Crippen LogP contribution >= 0.6 is 0 Å². The summed E-state index contributed by atoms with van der Waals surface area (Å²) < 4.78 is 0. The van der Waals surface area contributed by atoms with Crippen LogP contribution < -0.4 is 0 Å². The van der Waals surface area contributed by atoms with Crippen molar-refractivity contribution in [1.29, 1.82) is 0 Å².